The number of piperidine rings is 2. The zero-order valence-corrected chi connectivity index (χ0v) is 39.5. The van der Waals surface area contributed by atoms with Crippen molar-refractivity contribution in [3.05, 3.63) is 0 Å². The van der Waals surface area contributed by atoms with Gasteiger partial charge in [-0.05, 0) is 149 Å². The van der Waals surface area contributed by atoms with Gasteiger partial charge >= 0.3 is 0 Å². The first-order chi connectivity index (χ1) is 26.4. The van der Waals surface area contributed by atoms with Gasteiger partial charge in [0.1, 0.15) is 0 Å². The third-order valence-corrected chi connectivity index (χ3v) is 13.3. The monoisotopic (exact) mass is 778 g/mol. The van der Waals surface area contributed by atoms with Crippen molar-refractivity contribution in [1.29, 1.82) is 0 Å². The van der Waals surface area contributed by atoms with Gasteiger partial charge in [-0.1, -0.05) is 55.4 Å². The van der Waals surface area contributed by atoms with Gasteiger partial charge in [-0.3, -0.25) is 14.7 Å². The number of nitrogens with zero attached hydrogens (tertiary/aromatic N) is 7. The SMILES string of the molecule is CC.CC(C)CN1CCN(CCC2CCN(C(C)C)CC2)C[C@H]1C.CCC(C)N1CCN(CCC2CCN(CC(C)C)CC2)CC1.CCOC1CN(CC)C1. The van der Waals surface area contributed by atoms with Crippen LogP contribution in [0.25, 0.3) is 0 Å². The predicted octanol–water partition coefficient (Wildman–Crippen LogP) is 8.07. The Morgan fingerprint density at radius 2 is 1.07 bits per heavy atom. The van der Waals surface area contributed by atoms with Crippen molar-refractivity contribution in [1.82, 2.24) is 34.3 Å². The topological polar surface area (TPSA) is 31.9 Å². The quantitative estimate of drug-likeness (QED) is 0.156. The van der Waals surface area contributed by atoms with E-state index in [1.165, 1.54) is 150 Å². The molecule has 2 atom stereocenters. The maximum absolute atomic E-state index is 5.37. The van der Waals surface area contributed by atoms with Crippen LogP contribution in [0.5, 0.6) is 0 Å². The molecule has 5 aliphatic heterocycles. The van der Waals surface area contributed by atoms with Gasteiger partial charge in [-0.2, -0.15) is 0 Å². The summed E-state index contributed by atoms with van der Waals surface area (Å²) in [5, 5.41) is 0. The van der Waals surface area contributed by atoms with E-state index < -0.39 is 0 Å². The van der Waals surface area contributed by atoms with Crippen LogP contribution in [-0.2, 0) is 4.74 Å². The second kappa shape index (κ2) is 29.0. The Labute approximate surface area is 345 Å². The van der Waals surface area contributed by atoms with Crippen LogP contribution in [-0.4, -0.2) is 183 Å². The summed E-state index contributed by atoms with van der Waals surface area (Å²) in [7, 11) is 0. The van der Waals surface area contributed by atoms with E-state index in [1.807, 2.05) is 13.8 Å². The van der Waals surface area contributed by atoms with E-state index in [9.17, 15) is 0 Å². The minimum Gasteiger partial charge on any atom is -0.376 e. The molecule has 0 spiro atoms. The van der Waals surface area contributed by atoms with Crippen LogP contribution in [0.1, 0.15) is 135 Å². The zero-order valence-electron chi connectivity index (χ0n) is 39.5. The molecule has 55 heavy (non-hydrogen) atoms. The molecule has 5 heterocycles. The maximum atomic E-state index is 5.37. The highest BCUT2D eigenvalue weighted by Crippen LogP contribution is 2.24. The molecule has 5 fully saturated rings. The lowest BCUT2D eigenvalue weighted by molar-refractivity contribution is -0.0470. The molecule has 0 N–H and O–H groups in total. The number of piperazine rings is 2. The number of ether oxygens (including phenoxy) is 1. The smallest absolute Gasteiger partial charge is 0.0828 e. The molecule has 5 saturated heterocycles. The average Bonchev–Trinajstić information content (AvgIpc) is 3.17. The molecular formula is C47H99N7O. The number of rotatable bonds is 16. The summed E-state index contributed by atoms with van der Waals surface area (Å²) in [6, 6.07) is 2.24. The van der Waals surface area contributed by atoms with Gasteiger partial charge in [0.15, 0.2) is 0 Å². The minimum absolute atomic E-state index is 0.537. The molecule has 0 saturated carbocycles. The van der Waals surface area contributed by atoms with Crippen LogP contribution in [0, 0.1) is 23.7 Å². The molecule has 1 unspecified atom stereocenters. The predicted molar refractivity (Wildman–Crippen MR) is 242 cm³/mol. The average molecular weight is 778 g/mol. The van der Waals surface area contributed by atoms with Crippen LogP contribution in [0.15, 0.2) is 0 Å². The molecular weight excluding hydrogens is 679 g/mol. The number of likely N-dealkylation sites (tertiary alicyclic amines) is 3. The lowest BCUT2D eigenvalue weighted by atomic mass is 9.92. The Kier molecular flexibility index (Phi) is 26.8. The zero-order chi connectivity index (χ0) is 40.8. The first-order valence-electron chi connectivity index (χ1n) is 24.1. The lowest BCUT2D eigenvalue weighted by Crippen LogP contribution is -2.53. The molecule has 0 aromatic rings. The van der Waals surface area contributed by atoms with Crippen LogP contribution >= 0.6 is 0 Å². The summed E-state index contributed by atoms with van der Waals surface area (Å²) in [6.45, 7) is 53.2. The van der Waals surface area contributed by atoms with Gasteiger partial charge in [0.05, 0.1) is 6.10 Å². The Morgan fingerprint density at radius 1 is 0.545 bits per heavy atom. The largest absolute Gasteiger partial charge is 0.376 e. The Balaban J connectivity index is 0.000000300. The van der Waals surface area contributed by atoms with Crippen molar-refractivity contribution in [3.63, 3.8) is 0 Å². The molecule has 5 aliphatic rings. The second-order valence-corrected chi connectivity index (χ2v) is 18.9. The van der Waals surface area contributed by atoms with Crippen molar-refractivity contribution >= 4 is 0 Å². The molecule has 0 bridgehead atoms. The summed E-state index contributed by atoms with van der Waals surface area (Å²) in [5.41, 5.74) is 0. The van der Waals surface area contributed by atoms with Gasteiger partial charge in [0, 0.05) is 96.7 Å². The summed E-state index contributed by atoms with van der Waals surface area (Å²) in [4.78, 5) is 18.5. The first-order valence-corrected chi connectivity index (χ1v) is 24.1. The first kappa shape index (κ1) is 50.8. The molecule has 0 aliphatic carbocycles. The van der Waals surface area contributed by atoms with Crippen molar-refractivity contribution in [2.24, 2.45) is 23.7 Å². The van der Waals surface area contributed by atoms with Gasteiger partial charge in [-0.15, -0.1) is 0 Å². The second-order valence-electron chi connectivity index (χ2n) is 18.9. The molecule has 5 rings (SSSR count). The summed E-state index contributed by atoms with van der Waals surface area (Å²) >= 11 is 0. The van der Waals surface area contributed by atoms with E-state index in [1.54, 1.807) is 0 Å². The standard InChI is InChI=1S/2C19H39N3.C7H15NO.C2H6/c1-16(2)14-22-13-12-20(15-18(22)5)9-6-19-7-10-21(11-8-19)17(3)4;1-5-18(4)22-14-12-20(13-15-22)9-6-19-7-10-21(11-8-19)16-17(2)3;1-3-8-5-7(6-8)9-4-2;1-2/h16-19H,6-15H2,1-5H3;17-19H,5-16H2,1-4H3;7H,3-6H2,1-2H3;1-2H3/t18-;;;/m1.../s1. The van der Waals surface area contributed by atoms with E-state index in [-0.39, 0.29) is 0 Å². The lowest BCUT2D eigenvalue weighted by Gasteiger charge is -2.41. The van der Waals surface area contributed by atoms with E-state index in [0.29, 0.717) is 6.10 Å². The number of likely N-dealkylation sites (N-methyl/N-ethyl adjacent to an activating group) is 1. The van der Waals surface area contributed by atoms with Crippen LogP contribution in [0.3, 0.4) is 0 Å². The molecule has 0 radical (unpaired) electrons. The Bertz CT molecular complexity index is 890. The molecule has 0 amide bonds. The fourth-order valence-corrected chi connectivity index (χ4v) is 9.28. The molecule has 8 nitrogen and oxygen atoms in total. The normalized spacial score (nSPS) is 24.5. The van der Waals surface area contributed by atoms with E-state index in [0.717, 1.165) is 61.5 Å². The number of hydrogen-bond acceptors (Lipinski definition) is 8. The summed E-state index contributed by atoms with van der Waals surface area (Å²) in [5.74, 6) is 3.56. The highest BCUT2D eigenvalue weighted by Gasteiger charge is 2.27. The Hall–Kier alpha value is -0.320. The van der Waals surface area contributed by atoms with Crippen LogP contribution in [0.4, 0.5) is 0 Å². The molecule has 8 heteroatoms. The summed E-state index contributed by atoms with van der Waals surface area (Å²) in [6.07, 6.45) is 10.4. The number of hydrogen-bond donors (Lipinski definition) is 0. The van der Waals surface area contributed by atoms with Gasteiger partial charge in [0.25, 0.3) is 0 Å². The molecule has 0 aromatic carbocycles. The van der Waals surface area contributed by atoms with E-state index in [2.05, 4.69) is 110 Å². The highest BCUT2D eigenvalue weighted by molar-refractivity contribution is 4.82. The maximum Gasteiger partial charge on any atom is 0.0828 e. The van der Waals surface area contributed by atoms with E-state index in [4.69, 9.17) is 4.74 Å². The van der Waals surface area contributed by atoms with Crippen LogP contribution < -0.4 is 0 Å². The van der Waals surface area contributed by atoms with Crippen LogP contribution in [0.2, 0.25) is 0 Å². The third-order valence-electron chi connectivity index (χ3n) is 13.3. The fraction of sp³-hybridized carbons (Fsp3) is 1.00. The van der Waals surface area contributed by atoms with Gasteiger partial charge in [-0.25, -0.2) is 0 Å². The van der Waals surface area contributed by atoms with Crippen molar-refractivity contribution < 1.29 is 4.74 Å². The van der Waals surface area contributed by atoms with Gasteiger partial charge < -0.3 is 24.3 Å². The third kappa shape index (κ3) is 20.5. The van der Waals surface area contributed by atoms with Crippen molar-refractivity contribution in [2.45, 2.75) is 159 Å². The summed E-state index contributed by atoms with van der Waals surface area (Å²) < 4.78 is 5.37. The minimum atomic E-state index is 0.537. The fourth-order valence-electron chi connectivity index (χ4n) is 9.28. The highest BCUT2D eigenvalue weighted by atomic mass is 16.5. The molecule has 328 valence electrons. The van der Waals surface area contributed by atoms with Crippen molar-refractivity contribution in [2.75, 3.05) is 124 Å². The van der Waals surface area contributed by atoms with Crippen molar-refractivity contribution in [3.8, 4) is 0 Å². The Morgan fingerprint density at radius 3 is 1.55 bits per heavy atom. The van der Waals surface area contributed by atoms with E-state index >= 15 is 0 Å². The molecule has 0 aromatic heterocycles. The van der Waals surface area contributed by atoms with Gasteiger partial charge in [0.2, 0.25) is 0 Å².